The minimum atomic E-state index is 0.148. The Kier molecular flexibility index (Phi) is 2.65. The lowest BCUT2D eigenvalue weighted by Crippen LogP contribution is -2.06. The molecule has 0 aromatic rings. The van der Waals surface area contributed by atoms with Crippen molar-refractivity contribution in [2.75, 3.05) is 0 Å². The van der Waals surface area contributed by atoms with Gasteiger partial charge in [0.15, 0.2) is 0 Å². The van der Waals surface area contributed by atoms with Gasteiger partial charge in [-0.1, -0.05) is 38.5 Å². The Bertz CT molecular complexity index is 285. The summed E-state index contributed by atoms with van der Waals surface area (Å²) in [5.41, 5.74) is 2.32. The van der Waals surface area contributed by atoms with Crippen LogP contribution in [0.15, 0.2) is 35.1 Å². The maximum absolute atomic E-state index is 9.79. The van der Waals surface area contributed by atoms with Crippen molar-refractivity contribution in [3.63, 3.8) is 0 Å². The normalized spacial score (nSPS) is 20.5. The highest BCUT2D eigenvalue weighted by Gasteiger charge is 2.15. The van der Waals surface area contributed by atoms with Crippen LogP contribution in [0.25, 0.3) is 0 Å². The summed E-state index contributed by atoms with van der Waals surface area (Å²) in [6.07, 6.45) is 6.74. The Balaban J connectivity index is 2.78. The van der Waals surface area contributed by atoms with Crippen LogP contribution in [-0.2, 0) is 0 Å². The highest BCUT2D eigenvalue weighted by molar-refractivity contribution is 5.46. The fourth-order valence-electron chi connectivity index (χ4n) is 1.35. The van der Waals surface area contributed by atoms with E-state index in [1.54, 1.807) is 0 Å². The molecule has 0 aromatic carbocycles. The molecule has 0 aliphatic heterocycles. The second kappa shape index (κ2) is 3.41. The lowest BCUT2D eigenvalue weighted by atomic mass is 9.90. The number of allylic oxidation sites excluding steroid dienone is 6. The number of hydrogen-bond donors (Lipinski definition) is 1. The Labute approximate surface area is 80.5 Å². The highest BCUT2D eigenvalue weighted by atomic mass is 16.3. The third-order valence-corrected chi connectivity index (χ3v) is 1.94. The van der Waals surface area contributed by atoms with Crippen LogP contribution in [0.5, 0.6) is 0 Å². The van der Waals surface area contributed by atoms with Crippen molar-refractivity contribution in [3.05, 3.63) is 35.1 Å². The summed E-state index contributed by atoms with van der Waals surface area (Å²) >= 11 is 0. The summed E-state index contributed by atoms with van der Waals surface area (Å²) in [6.45, 7) is 8.41. The van der Waals surface area contributed by atoms with E-state index in [0.29, 0.717) is 5.76 Å². The summed E-state index contributed by atoms with van der Waals surface area (Å²) in [4.78, 5) is 0. The first-order chi connectivity index (χ1) is 5.88. The lowest BCUT2D eigenvalue weighted by Gasteiger charge is -2.17. The van der Waals surface area contributed by atoms with E-state index in [9.17, 15) is 5.11 Å². The highest BCUT2D eigenvalue weighted by Crippen LogP contribution is 2.27. The summed E-state index contributed by atoms with van der Waals surface area (Å²) in [6, 6.07) is 0. The third kappa shape index (κ3) is 3.10. The summed E-state index contributed by atoms with van der Waals surface area (Å²) in [7, 11) is 0. The van der Waals surface area contributed by atoms with Gasteiger partial charge in [0.05, 0.1) is 5.76 Å². The Hall–Kier alpha value is -0.980. The van der Waals surface area contributed by atoms with E-state index in [1.165, 1.54) is 5.57 Å². The first kappa shape index (κ1) is 10.1. The summed E-state index contributed by atoms with van der Waals surface area (Å²) < 4.78 is 0. The number of rotatable bonds is 1. The van der Waals surface area contributed by atoms with E-state index in [2.05, 4.69) is 20.8 Å². The van der Waals surface area contributed by atoms with Crippen molar-refractivity contribution in [1.29, 1.82) is 0 Å². The average Bonchev–Trinajstić information content (AvgIpc) is 2.31. The lowest BCUT2D eigenvalue weighted by molar-refractivity contribution is 0.302. The van der Waals surface area contributed by atoms with Gasteiger partial charge >= 0.3 is 0 Å². The molecule has 0 heterocycles. The van der Waals surface area contributed by atoms with E-state index in [1.807, 2.05) is 25.2 Å². The van der Waals surface area contributed by atoms with Gasteiger partial charge in [-0.05, 0) is 18.4 Å². The fraction of sp³-hybridized carbons (Fsp3) is 0.500. The van der Waals surface area contributed by atoms with Crippen molar-refractivity contribution in [3.8, 4) is 0 Å². The molecule has 0 spiro atoms. The second-order valence-electron chi connectivity index (χ2n) is 4.86. The zero-order chi connectivity index (χ0) is 10.1. The molecule has 72 valence electrons. The van der Waals surface area contributed by atoms with Gasteiger partial charge in [0.2, 0.25) is 0 Å². The van der Waals surface area contributed by atoms with Gasteiger partial charge in [-0.25, -0.2) is 0 Å². The topological polar surface area (TPSA) is 20.2 Å². The fourth-order valence-corrected chi connectivity index (χ4v) is 1.35. The predicted octanol–water partition coefficient (Wildman–Crippen LogP) is 3.75. The minimum absolute atomic E-state index is 0.148. The summed E-state index contributed by atoms with van der Waals surface area (Å²) in [5, 5.41) is 9.79. The molecule has 0 aromatic heterocycles. The quantitative estimate of drug-likeness (QED) is 0.606. The monoisotopic (exact) mass is 178 g/mol. The third-order valence-electron chi connectivity index (χ3n) is 1.94. The predicted molar refractivity (Wildman–Crippen MR) is 56.6 cm³/mol. The standard InChI is InChI=1S/C12H18O/c1-9-5-6-10(7-9)11(13)8-12(2,3)4/h5-7,13H,8H2,1-4H3. The van der Waals surface area contributed by atoms with Crippen LogP contribution in [-0.4, -0.2) is 5.11 Å². The zero-order valence-corrected chi connectivity index (χ0v) is 8.89. The van der Waals surface area contributed by atoms with Gasteiger partial charge in [0.25, 0.3) is 0 Å². The summed E-state index contributed by atoms with van der Waals surface area (Å²) in [5.74, 6) is 0.501. The molecule has 0 bridgehead atoms. The smallest absolute Gasteiger partial charge is 0.1000 e. The van der Waals surface area contributed by atoms with Crippen LogP contribution in [0.2, 0.25) is 0 Å². The Morgan fingerprint density at radius 1 is 1.31 bits per heavy atom. The molecule has 0 fully saturated rings. The largest absolute Gasteiger partial charge is 0.512 e. The molecule has 0 radical (unpaired) electrons. The molecule has 13 heavy (non-hydrogen) atoms. The van der Waals surface area contributed by atoms with E-state index in [0.717, 1.165) is 12.0 Å². The maximum atomic E-state index is 9.79. The van der Waals surface area contributed by atoms with Crippen molar-refractivity contribution in [2.24, 2.45) is 5.41 Å². The second-order valence-corrected chi connectivity index (χ2v) is 4.86. The van der Waals surface area contributed by atoms with Crippen LogP contribution in [0, 0.1) is 5.41 Å². The van der Waals surface area contributed by atoms with Crippen LogP contribution >= 0.6 is 0 Å². The number of hydrogen-bond acceptors (Lipinski definition) is 1. The van der Waals surface area contributed by atoms with Crippen LogP contribution in [0.3, 0.4) is 0 Å². The molecule has 1 nitrogen and oxygen atoms in total. The van der Waals surface area contributed by atoms with E-state index < -0.39 is 0 Å². The first-order valence-electron chi connectivity index (χ1n) is 4.67. The number of aliphatic hydroxyl groups excluding tert-OH is 1. The first-order valence-corrected chi connectivity index (χ1v) is 4.67. The van der Waals surface area contributed by atoms with Gasteiger partial charge in [0, 0.05) is 12.0 Å². The SMILES string of the molecule is CC1=CC(=C(O)CC(C)(C)C)C=C1. The maximum Gasteiger partial charge on any atom is 0.1000 e. The van der Waals surface area contributed by atoms with Crippen molar-refractivity contribution in [1.82, 2.24) is 0 Å². The van der Waals surface area contributed by atoms with Gasteiger partial charge in [-0.2, -0.15) is 0 Å². The van der Waals surface area contributed by atoms with Crippen LogP contribution in [0.4, 0.5) is 0 Å². The minimum Gasteiger partial charge on any atom is -0.512 e. The molecular weight excluding hydrogens is 160 g/mol. The van der Waals surface area contributed by atoms with Crippen molar-refractivity contribution in [2.45, 2.75) is 34.1 Å². The molecule has 0 saturated heterocycles. The molecule has 0 atom stereocenters. The van der Waals surface area contributed by atoms with Crippen molar-refractivity contribution < 1.29 is 5.11 Å². The van der Waals surface area contributed by atoms with Crippen LogP contribution < -0.4 is 0 Å². The van der Waals surface area contributed by atoms with E-state index >= 15 is 0 Å². The molecule has 0 saturated carbocycles. The van der Waals surface area contributed by atoms with Gasteiger partial charge < -0.3 is 5.11 Å². The Morgan fingerprint density at radius 3 is 2.31 bits per heavy atom. The van der Waals surface area contributed by atoms with Gasteiger partial charge in [-0.3, -0.25) is 0 Å². The van der Waals surface area contributed by atoms with E-state index in [-0.39, 0.29) is 5.41 Å². The van der Waals surface area contributed by atoms with Crippen molar-refractivity contribution >= 4 is 0 Å². The zero-order valence-electron chi connectivity index (χ0n) is 8.89. The molecule has 1 heteroatoms. The van der Waals surface area contributed by atoms with Crippen LogP contribution in [0.1, 0.15) is 34.1 Å². The molecular formula is C12H18O. The molecule has 1 aliphatic carbocycles. The average molecular weight is 178 g/mol. The molecule has 1 N–H and O–H groups in total. The molecule has 1 aliphatic rings. The number of aliphatic hydroxyl groups is 1. The van der Waals surface area contributed by atoms with E-state index in [4.69, 9.17) is 0 Å². The Morgan fingerprint density at radius 2 is 1.92 bits per heavy atom. The molecule has 0 amide bonds. The molecule has 1 rings (SSSR count). The van der Waals surface area contributed by atoms with Gasteiger partial charge in [-0.15, -0.1) is 0 Å². The van der Waals surface area contributed by atoms with Gasteiger partial charge in [0.1, 0.15) is 0 Å². The molecule has 0 unspecified atom stereocenters.